The van der Waals surface area contributed by atoms with Crippen molar-refractivity contribution in [1.82, 2.24) is 5.32 Å². The minimum Gasteiger partial charge on any atom is -0.410 e. The molecule has 0 aromatic heterocycles. The number of benzene rings is 2. The van der Waals surface area contributed by atoms with Gasteiger partial charge >= 0.3 is 6.09 Å². The Hall–Kier alpha value is -2.61. The molecule has 7 nitrogen and oxygen atoms in total. The summed E-state index contributed by atoms with van der Waals surface area (Å²) in [5, 5.41) is 16.0. The molecular weight excluding hydrogens is 395 g/mol. The van der Waals surface area contributed by atoms with Gasteiger partial charge < -0.3 is 20.5 Å². The summed E-state index contributed by atoms with van der Waals surface area (Å²) in [5.41, 5.74) is -1.63. The van der Waals surface area contributed by atoms with Crippen LogP contribution in [0.4, 0.5) is 10.5 Å². The fourth-order valence-corrected chi connectivity index (χ4v) is 3.30. The van der Waals surface area contributed by atoms with Crippen LogP contribution in [-0.4, -0.2) is 29.9 Å². The SMILES string of the molecule is CNC(=O)Oc1ccc(C(=O)CC2(O)C(=O)Nc3c(Cl)ccc(Cl)c32)cc1. The van der Waals surface area contributed by atoms with Gasteiger partial charge in [-0.15, -0.1) is 0 Å². The first-order valence-electron chi connectivity index (χ1n) is 7.81. The van der Waals surface area contributed by atoms with E-state index < -0.39 is 29.8 Å². The fraction of sp³-hybridized carbons (Fsp3) is 0.167. The smallest absolute Gasteiger partial charge is 0.410 e. The molecule has 0 spiro atoms. The molecule has 1 heterocycles. The lowest BCUT2D eigenvalue weighted by Crippen LogP contribution is -2.36. The lowest BCUT2D eigenvalue weighted by molar-refractivity contribution is -0.133. The topological polar surface area (TPSA) is 105 Å². The molecule has 0 saturated carbocycles. The number of rotatable bonds is 4. The molecule has 3 rings (SSSR count). The third kappa shape index (κ3) is 3.49. The molecule has 3 N–H and O–H groups in total. The molecule has 2 aromatic carbocycles. The largest absolute Gasteiger partial charge is 0.412 e. The first-order chi connectivity index (χ1) is 12.8. The average Bonchev–Trinajstić information content (AvgIpc) is 2.90. The third-order valence-corrected chi connectivity index (χ3v) is 4.77. The Bertz CT molecular complexity index is 946. The highest BCUT2D eigenvalue weighted by molar-refractivity contribution is 6.38. The number of carbonyl (C=O) groups is 3. The van der Waals surface area contributed by atoms with Crippen molar-refractivity contribution >= 4 is 46.7 Å². The van der Waals surface area contributed by atoms with Gasteiger partial charge in [-0.05, 0) is 36.4 Å². The quantitative estimate of drug-likeness (QED) is 0.674. The number of amides is 2. The zero-order valence-corrected chi connectivity index (χ0v) is 15.5. The second-order valence-corrected chi connectivity index (χ2v) is 6.67. The van der Waals surface area contributed by atoms with Crippen LogP contribution in [0.3, 0.4) is 0 Å². The molecule has 1 unspecified atom stereocenters. The van der Waals surface area contributed by atoms with Gasteiger partial charge in [0.1, 0.15) is 5.75 Å². The number of halogens is 2. The number of anilines is 1. The number of carbonyl (C=O) groups excluding carboxylic acids is 3. The van der Waals surface area contributed by atoms with Gasteiger partial charge in [-0.3, -0.25) is 9.59 Å². The number of fused-ring (bicyclic) bond motifs is 1. The number of hydrogen-bond acceptors (Lipinski definition) is 5. The standard InChI is InChI=1S/C18H14Cl2N2O5/c1-21-17(25)27-10-4-2-9(3-5-10)13(23)8-18(26)14-11(19)6-7-12(20)15(14)22-16(18)24/h2-7,26H,8H2,1H3,(H,21,25)(H,22,24). The number of nitrogens with one attached hydrogen (secondary N) is 2. The summed E-state index contributed by atoms with van der Waals surface area (Å²) in [6, 6.07) is 8.65. The summed E-state index contributed by atoms with van der Waals surface area (Å²) in [7, 11) is 1.42. The first kappa shape index (κ1) is 19.2. The Kier molecular flexibility index (Phi) is 5.10. The number of ether oxygens (including phenoxy) is 1. The molecule has 1 aliphatic rings. The van der Waals surface area contributed by atoms with Gasteiger partial charge in [0.05, 0.1) is 17.1 Å². The molecule has 0 aliphatic carbocycles. The molecule has 0 saturated heterocycles. The molecule has 1 aliphatic heterocycles. The maximum absolute atomic E-state index is 12.6. The Balaban J connectivity index is 1.85. The van der Waals surface area contributed by atoms with E-state index in [1.807, 2.05) is 0 Å². The van der Waals surface area contributed by atoms with Crippen LogP contribution >= 0.6 is 23.2 Å². The normalized spacial score (nSPS) is 17.9. The third-order valence-electron chi connectivity index (χ3n) is 4.14. The lowest BCUT2D eigenvalue weighted by atomic mass is 9.88. The molecule has 2 amide bonds. The Morgan fingerprint density at radius 3 is 2.41 bits per heavy atom. The van der Waals surface area contributed by atoms with E-state index in [1.54, 1.807) is 0 Å². The first-order valence-corrected chi connectivity index (χ1v) is 8.57. The van der Waals surface area contributed by atoms with E-state index >= 15 is 0 Å². The lowest BCUT2D eigenvalue weighted by Gasteiger charge is -2.21. The molecular formula is C18H14Cl2N2O5. The van der Waals surface area contributed by atoms with Gasteiger partial charge in [0.15, 0.2) is 11.4 Å². The van der Waals surface area contributed by atoms with Gasteiger partial charge in [0.2, 0.25) is 0 Å². The number of hydrogen-bond donors (Lipinski definition) is 3. The van der Waals surface area contributed by atoms with Crippen molar-refractivity contribution in [2.24, 2.45) is 0 Å². The molecule has 1 atom stereocenters. The van der Waals surface area contributed by atoms with Crippen molar-refractivity contribution in [2.45, 2.75) is 12.0 Å². The van der Waals surface area contributed by atoms with E-state index in [2.05, 4.69) is 10.6 Å². The monoisotopic (exact) mass is 408 g/mol. The van der Waals surface area contributed by atoms with Gasteiger partial charge in [-0.2, -0.15) is 0 Å². The van der Waals surface area contributed by atoms with E-state index in [1.165, 1.54) is 43.4 Å². The summed E-state index contributed by atoms with van der Waals surface area (Å²) in [6.45, 7) is 0. The van der Waals surface area contributed by atoms with Gasteiger partial charge in [0, 0.05) is 23.2 Å². The highest BCUT2D eigenvalue weighted by Gasteiger charge is 2.49. The Morgan fingerprint density at radius 2 is 1.78 bits per heavy atom. The van der Waals surface area contributed by atoms with Crippen molar-refractivity contribution in [3.63, 3.8) is 0 Å². The van der Waals surface area contributed by atoms with Crippen molar-refractivity contribution in [3.05, 3.63) is 57.6 Å². The van der Waals surface area contributed by atoms with E-state index in [9.17, 15) is 19.5 Å². The van der Waals surface area contributed by atoms with Crippen LogP contribution in [0.15, 0.2) is 36.4 Å². The fourth-order valence-electron chi connectivity index (χ4n) is 2.78. The van der Waals surface area contributed by atoms with E-state index in [0.29, 0.717) is 0 Å². The maximum Gasteiger partial charge on any atom is 0.412 e. The average molecular weight is 409 g/mol. The maximum atomic E-state index is 12.6. The van der Waals surface area contributed by atoms with E-state index in [-0.39, 0.29) is 32.6 Å². The zero-order chi connectivity index (χ0) is 19.8. The molecule has 140 valence electrons. The van der Waals surface area contributed by atoms with Crippen molar-refractivity contribution < 1.29 is 24.2 Å². The highest BCUT2D eigenvalue weighted by Crippen LogP contribution is 2.46. The molecule has 9 heteroatoms. The predicted molar refractivity (Wildman–Crippen MR) is 99.5 cm³/mol. The zero-order valence-electron chi connectivity index (χ0n) is 14.0. The predicted octanol–water partition coefficient (Wildman–Crippen LogP) is 3.12. The molecule has 27 heavy (non-hydrogen) atoms. The van der Waals surface area contributed by atoms with Crippen LogP contribution in [0.5, 0.6) is 5.75 Å². The second-order valence-electron chi connectivity index (χ2n) is 5.86. The van der Waals surface area contributed by atoms with Crippen LogP contribution in [0, 0.1) is 0 Å². The van der Waals surface area contributed by atoms with Gasteiger partial charge in [-0.1, -0.05) is 23.2 Å². The summed E-state index contributed by atoms with van der Waals surface area (Å²) >= 11 is 12.2. The minimum absolute atomic E-state index is 0.0783. The molecule has 0 radical (unpaired) electrons. The minimum atomic E-state index is -2.13. The number of Topliss-reactive ketones (excluding diaryl/α,β-unsaturated/α-hetero) is 1. The van der Waals surface area contributed by atoms with E-state index in [0.717, 1.165) is 0 Å². The molecule has 2 aromatic rings. The van der Waals surface area contributed by atoms with Crippen LogP contribution in [0.2, 0.25) is 10.0 Å². The van der Waals surface area contributed by atoms with Gasteiger partial charge in [0.25, 0.3) is 5.91 Å². The molecule has 0 bridgehead atoms. The van der Waals surface area contributed by atoms with Crippen LogP contribution in [0.25, 0.3) is 0 Å². The Morgan fingerprint density at radius 1 is 1.15 bits per heavy atom. The van der Waals surface area contributed by atoms with Gasteiger partial charge in [-0.25, -0.2) is 4.79 Å². The van der Waals surface area contributed by atoms with Crippen molar-refractivity contribution in [3.8, 4) is 5.75 Å². The summed E-state index contributed by atoms with van der Waals surface area (Å²) < 4.78 is 4.94. The summed E-state index contributed by atoms with van der Waals surface area (Å²) in [4.78, 5) is 36.1. The van der Waals surface area contributed by atoms with Crippen molar-refractivity contribution in [2.75, 3.05) is 12.4 Å². The summed E-state index contributed by atoms with van der Waals surface area (Å²) in [6.07, 6.45) is -1.17. The van der Waals surface area contributed by atoms with E-state index in [4.69, 9.17) is 27.9 Å². The van der Waals surface area contributed by atoms with Crippen molar-refractivity contribution in [1.29, 1.82) is 0 Å². The number of aliphatic hydroxyl groups is 1. The van der Waals surface area contributed by atoms with Crippen LogP contribution < -0.4 is 15.4 Å². The second kappa shape index (κ2) is 7.19. The Labute approximate surface area is 164 Å². The van der Waals surface area contributed by atoms with Crippen LogP contribution in [-0.2, 0) is 10.4 Å². The van der Waals surface area contributed by atoms with Crippen LogP contribution in [0.1, 0.15) is 22.3 Å². The number of ketones is 1. The molecule has 0 fully saturated rings. The highest BCUT2D eigenvalue weighted by atomic mass is 35.5. The summed E-state index contributed by atoms with van der Waals surface area (Å²) in [5.74, 6) is -1.04.